The van der Waals surface area contributed by atoms with E-state index in [-0.39, 0.29) is 28.3 Å². The van der Waals surface area contributed by atoms with Crippen LogP contribution in [0.2, 0.25) is 0 Å². The molecular weight excluding hydrogens is 444 g/mol. The highest BCUT2D eigenvalue weighted by Gasteiger charge is 2.29. The predicted molar refractivity (Wildman–Crippen MR) is 130 cm³/mol. The van der Waals surface area contributed by atoms with Crippen LogP contribution in [0.15, 0.2) is 35.6 Å². The van der Waals surface area contributed by atoms with Gasteiger partial charge in [0.25, 0.3) is 0 Å². The molecule has 0 radical (unpaired) electrons. The summed E-state index contributed by atoms with van der Waals surface area (Å²) in [4.78, 5) is 6.65. The van der Waals surface area contributed by atoms with E-state index in [0.717, 1.165) is 35.0 Å². The summed E-state index contributed by atoms with van der Waals surface area (Å²) in [7, 11) is 0. The smallest absolute Gasteiger partial charge is 0.184 e. The Morgan fingerprint density at radius 1 is 1.24 bits per heavy atom. The summed E-state index contributed by atoms with van der Waals surface area (Å²) in [6, 6.07) is 6.74. The molecule has 2 aromatic heterocycles. The Morgan fingerprint density at radius 2 is 2.00 bits per heavy atom. The molecule has 1 aliphatic heterocycles. The first-order chi connectivity index (χ1) is 15.6. The number of thiophene rings is 1. The van der Waals surface area contributed by atoms with E-state index >= 15 is 0 Å². The lowest BCUT2D eigenvalue weighted by molar-refractivity contribution is 0.489. The minimum atomic E-state index is -1.10. The lowest BCUT2D eigenvalue weighted by Gasteiger charge is -2.23. The Labute approximate surface area is 195 Å². The van der Waals surface area contributed by atoms with Gasteiger partial charge in [0.2, 0.25) is 0 Å². The monoisotopic (exact) mass is 471 g/mol. The van der Waals surface area contributed by atoms with Crippen LogP contribution in [0.3, 0.4) is 0 Å². The van der Waals surface area contributed by atoms with Gasteiger partial charge in [-0.15, -0.1) is 11.3 Å². The van der Waals surface area contributed by atoms with Crippen LogP contribution in [-0.2, 0) is 11.8 Å². The third-order valence-corrected chi connectivity index (χ3v) is 7.19. The fourth-order valence-corrected chi connectivity index (χ4v) is 5.34. The van der Waals surface area contributed by atoms with E-state index in [0.29, 0.717) is 5.56 Å². The van der Waals surface area contributed by atoms with E-state index < -0.39 is 11.6 Å². The topological polar surface area (TPSA) is 119 Å². The number of hydrazone groups is 1. The second-order valence-corrected chi connectivity index (χ2v) is 9.90. The fourth-order valence-electron chi connectivity index (χ4n) is 4.01. The summed E-state index contributed by atoms with van der Waals surface area (Å²) in [6.07, 6.45) is 2.62. The number of nitrogens with one attached hydrogen (secondary N) is 1. The summed E-state index contributed by atoms with van der Waals surface area (Å²) in [5.41, 5.74) is 8.48. The van der Waals surface area contributed by atoms with Crippen LogP contribution in [-0.4, -0.2) is 23.9 Å². The van der Waals surface area contributed by atoms with Crippen LogP contribution in [0.1, 0.15) is 35.4 Å². The predicted octanol–water partition coefficient (Wildman–Crippen LogP) is 3.40. The van der Waals surface area contributed by atoms with Crippen LogP contribution >= 0.6 is 11.3 Å². The number of nitrogens with zero attached hydrogens (tertiary/aromatic N) is 3. The molecule has 3 heterocycles. The van der Waals surface area contributed by atoms with Crippen LogP contribution in [0.5, 0.6) is 0 Å². The number of nitrogen functional groups attached to an aromatic ring is 1. The Balaban J connectivity index is 1.76. The molecular formula is C23H27F2N7S. The molecule has 0 bridgehead atoms. The molecule has 0 unspecified atom stereocenters. The lowest BCUT2D eigenvalue weighted by Crippen LogP contribution is -2.40. The normalized spacial score (nSPS) is 15.8. The van der Waals surface area contributed by atoms with Crippen LogP contribution in [0.25, 0.3) is 10.4 Å². The van der Waals surface area contributed by atoms with Crippen molar-refractivity contribution in [3.05, 3.63) is 63.7 Å². The number of nitrogens with two attached hydrogens (primary N) is 3. The first-order valence-electron chi connectivity index (χ1n) is 10.5. The second-order valence-electron chi connectivity index (χ2n) is 8.77. The van der Waals surface area contributed by atoms with E-state index in [1.54, 1.807) is 23.6 Å². The largest absolute Gasteiger partial charge is 0.383 e. The highest BCUT2D eigenvalue weighted by Crippen LogP contribution is 2.39. The van der Waals surface area contributed by atoms with Gasteiger partial charge in [-0.3, -0.25) is 5.01 Å². The van der Waals surface area contributed by atoms with E-state index in [9.17, 15) is 8.78 Å². The third-order valence-electron chi connectivity index (χ3n) is 5.94. The van der Waals surface area contributed by atoms with Gasteiger partial charge in [0.05, 0.1) is 11.3 Å². The zero-order valence-corrected chi connectivity index (χ0v) is 19.6. The molecule has 33 heavy (non-hydrogen) atoms. The van der Waals surface area contributed by atoms with Gasteiger partial charge in [-0.2, -0.15) is 5.10 Å². The number of benzene rings is 1. The third kappa shape index (κ3) is 4.17. The molecule has 0 aliphatic carbocycles. The van der Waals surface area contributed by atoms with Gasteiger partial charge in [0, 0.05) is 40.0 Å². The van der Waals surface area contributed by atoms with E-state index in [1.807, 2.05) is 0 Å². The van der Waals surface area contributed by atoms with Gasteiger partial charge < -0.3 is 16.9 Å². The molecule has 4 rings (SSSR count). The van der Waals surface area contributed by atoms with Crippen LogP contribution in [0.4, 0.5) is 20.3 Å². The molecule has 7 N–H and O–H groups in total. The zero-order chi connectivity index (χ0) is 23.9. The van der Waals surface area contributed by atoms with Crippen molar-refractivity contribution in [2.24, 2.45) is 16.8 Å². The Morgan fingerprint density at radius 3 is 2.73 bits per heavy atom. The number of anilines is 2. The molecule has 174 valence electrons. The van der Waals surface area contributed by atoms with Crippen LogP contribution < -0.4 is 27.7 Å². The van der Waals surface area contributed by atoms with Crippen molar-refractivity contribution < 1.29 is 8.78 Å². The molecule has 1 aromatic carbocycles. The SMILES string of the molecule is Cc1ccc(N(N)/C(=N\N)c2cc(-c3cc4c(s3)CCNCC4(C)C)cnc2N)c(F)c1F. The van der Waals surface area contributed by atoms with Crippen molar-refractivity contribution in [3.8, 4) is 10.4 Å². The maximum atomic E-state index is 14.6. The molecule has 3 aromatic rings. The number of aromatic nitrogens is 1. The summed E-state index contributed by atoms with van der Waals surface area (Å²) in [5.74, 6) is 9.73. The summed E-state index contributed by atoms with van der Waals surface area (Å²) in [6.45, 7) is 7.72. The van der Waals surface area contributed by atoms with E-state index in [1.165, 1.54) is 29.5 Å². The van der Waals surface area contributed by atoms with Gasteiger partial charge in [-0.05, 0) is 42.7 Å². The van der Waals surface area contributed by atoms with Gasteiger partial charge in [-0.1, -0.05) is 19.9 Å². The van der Waals surface area contributed by atoms with Crippen LogP contribution in [0, 0.1) is 18.6 Å². The highest BCUT2D eigenvalue weighted by molar-refractivity contribution is 7.15. The van der Waals surface area contributed by atoms with Gasteiger partial charge in [-0.25, -0.2) is 19.6 Å². The van der Waals surface area contributed by atoms with Crippen molar-refractivity contribution in [3.63, 3.8) is 0 Å². The second kappa shape index (κ2) is 8.69. The van der Waals surface area contributed by atoms with Crippen molar-refractivity contribution in [2.45, 2.75) is 32.6 Å². The highest BCUT2D eigenvalue weighted by atomic mass is 32.1. The number of halogens is 2. The van der Waals surface area contributed by atoms with Crippen molar-refractivity contribution in [2.75, 3.05) is 23.8 Å². The lowest BCUT2D eigenvalue weighted by atomic mass is 9.85. The fraction of sp³-hybridized carbons (Fsp3) is 0.304. The number of rotatable bonds is 3. The summed E-state index contributed by atoms with van der Waals surface area (Å²) in [5, 5.41) is 8.09. The van der Waals surface area contributed by atoms with Crippen molar-refractivity contribution in [1.29, 1.82) is 0 Å². The number of fused-ring (bicyclic) bond motifs is 1. The number of pyridine rings is 1. The Kier molecular flexibility index (Phi) is 6.08. The molecule has 0 amide bonds. The maximum Gasteiger partial charge on any atom is 0.184 e. The molecule has 1 aliphatic rings. The molecule has 0 saturated carbocycles. The van der Waals surface area contributed by atoms with Crippen molar-refractivity contribution in [1.82, 2.24) is 10.3 Å². The van der Waals surface area contributed by atoms with E-state index in [4.69, 9.17) is 17.4 Å². The molecule has 0 saturated heterocycles. The summed E-state index contributed by atoms with van der Waals surface area (Å²) < 4.78 is 28.7. The van der Waals surface area contributed by atoms with Gasteiger partial charge >= 0.3 is 0 Å². The molecule has 0 spiro atoms. The average Bonchev–Trinajstić information content (AvgIpc) is 3.16. The molecule has 10 heteroatoms. The van der Waals surface area contributed by atoms with Crippen molar-refractivity contribution >= 4 is 28.7 Å². The Hall–Kier alpha value is -3.08. The summed E-state index contributed by atoms with van der Waals surface area (Å²) >= 11 is 1.70. The quantitative estimate of drug-likeness (QED) is 0.201. The number of aryl methyl sites for hydroxylation is 1. The minimum Gasteiger partial charge on any atom is -0.383 e. The first-order valence-corrected chi connectivity index (χ1v) is 11.3. The molecule has 0 fully saturated rings. The maximum absolute atomic E-state index is 14.6. The first kappa shape index (κ1) is 23.1. The van der Waals surface area contributed by atoms with E-state index in [2.05, 4.69) is 35.3 Å². The van der Waals surface area contributed by atoms with Gasteiger partial charge in [0.15, 0.2) is 17.5 Å². The molecule has 0 atom stereocenters. The Bertz CT molecular complexity index is 1240. The van der Waals surface area contributed by atoms with Gasteiger partial charge in [0.1, 0.15) is 5.82 Å². The minimum absolute atomic E-state index is 0.00434. The number of hydrogen-bond donors (Lipinski definition) is 4. The molecule has 7 nitrogen and oxygen atoms in total. The standard InChI is InChI=1S/C23H27F2N7S/c1-12-4-5-16(20(25)19(12)24)32(28)22(31-27)14-8-13(10-30-21(14)26)18-9-15-17(33-18)6-7-29-11-23(15,2)3/h4-5,8-10,29H,6-7,11,27-28H2,1-3H3,(H2,26,30)/b31-22-. The zero-order valence-electron chi connectivity index (χ0n) is 18.7. The number of amidine groups is 1. The average molecular weight is 472 g/mol. The number of hydrogen-bond acceptors (Lipinski definition) is 7. The number of hydrazine groups is 1.